The van der Waals surface area contributed by atoms with Crippen LogP contribution in [-0.2, 0) is 22.5 Å². The van der Waals surface area contributed by atoms with Crippen molar-refractivity contribution < 1.29 is 14.3 Å². The molecule has 0 radical (unpaired) electrons. The Morgan fingerprint density at radius 1 is 1.00 bits per heavy atom. The normalized spacial score (nSPS) is 14.0. The molecule has 0 bridgehead atoms. The molecule has 0 aliphatic carbocycles. The number of unbranched alkanes of at least 4 members (excludes halogenated alkanes) is 1. The zero-order valence-corrected chi connectivity index (χ0v) is 18.0. The van der Waals surface area contributed by atoms with Gasteiger partial charge in [-0.15, -0.1) is 0 Å². The summed E-state index contributed by atoms with van der Waals surface area (Å²) >= 11 is 0. The van der Waals surface area contributed by atoms with Crippen LogP contribution in [0.2, 0.25) is 0 Å². The van der Waals surface area contributed by atoms with Gasteiger partial charge < -0.3 is 19.5 Å². The lowest BCUT2D eigenvalue weighted by Crippen LogP contribution is -2.40. The van der Waals surface area contributed by atoms with Crippen molar-refractivity contribution in [1.82, 2.24) is 9.47 Å². The van der Waals surface area contributed by atoms with E-state index in [9.17, 15) is 9.59 Å². The van der Waals surface area contributed by atoms with E-state index < -0.39 is 0 Å². The molecule has 4 rings (SSSR count). The molecule has 1 fully saturated rings. The first-order valence-electron chi connectivity index (χ1n) is 10.9. The topological polar surface area (TPSA) is 63.6 Å². The molecule has 0 spiro atoms. The Labute approximate surface area is 182 Å². The van der Waals surface area contributed by atoms with E-state index in [0.29, 0.717) is 26.3 Å². The molecule has 0 saturated carbocycles. The fraction of sp³-hybridized carbons (Fsp3) is 0.360. The van der Waals surface area contributed by atoms with Crippen molar-refractivity contribution in [2.75, 3.05) is 31.6 Å². The van der Waals surface area contributed by atoms with Crippen LogP contribution < -0.4 is 5.32 Å². The summed E-state index contributed by atoms with van der Waals surface area (Å²) in [4.78, 5) is 26.4. The molecule has 1 aliphatic heterocycles. The van der Waals surface area contributed by atoms with E-state index in [1.807, 2.05) is 47.5 Å². The number of fused-ring (bicyclic) bond motifs is 1. The number of hydrogen-bond acceptors (Lipinski definition) is 3. The Balaban J connectivity index is 1.44. The molecule has 3 aromatic rings. The third kappa shape index (κ3) is 4.97. The van der Waals surface area contributed by atoms with Gasteiger partial charge in [-0.3, -0.25) is 9.59 Å². The van der Waals surface area contributed by atoms with Crippen molar-refractivity contribution in [2.45, 2.75) is 32.7 Å². The Bertz CT molecular complexity index is 1070. The number of carbonyl (C=O) groups excluding carboxylic acids is 2. The molecule has 2 aromatic carbocycles. The average molecular weight is 420 g/mol. The summed E-state index contributed by atoms with van der Waals surface area (Å²) in [7, 11) is 0. The van der Waals surface area contributed by atoms with E-state index in [-0.39, 0.29) is 11.8 Å². The summed E-state index contributed by atoms with van der Waals surface area (Å²) in [6.45, 7) is 4.87. The number of nitrogens with zero attached hydrogens (tertiary/aromatic N) is 2. The van der Waals surface area contributed by atoms with Gasteiger partial charge in [-0.1, -0.05) is 36.4 Å². The maximum Gasteiger partial charge on any atom is 0.256 e. The van der Waals surface area contributed by atoms with Crippen LogP contribution in [0.5, 0.6) is 0 Å². The fourth-order valence-electron chi connectivity index (χ4n) is 4.19. The quantitative estimate of drug-likeness (QED) is 0.587. The van der Waals surface area contributed by atoms with Gasteiger partial charge in [0.25, 0.3) is 5.91 Å². The summed E-state index contributed by atoms with van der Waals surface area (Å²) in [5, 5.41) is 3.92. The first-order valence-corrected chi connectivity index (χ1v) is 10.9. The second kappa shape index (κ2) is 9.79. The number of hydrogen-bond donors (Lipinski definition) is 1. The third-order valence-electron chi connectivity index (χ3n) is 5.74. The fourth-order valence-corrected chi connectivity index (χ4v) is 4.19. The van der Waals surface area contributed by atoms with Crippen molar-refractivity contribution in [2.24, 2.45) is 0 Å². The highest BCUT2D eigenvalue weighted by Crippen LogP contribution is 2.24. The minimum atomic E-state index is -0.0521. The molecule has 0 unspecified atom stereocenters. The number of rotatable bonds is 7. The molecule has 2 heterocycles. The van der Waals surface area contributed by atoms with Crippen LogP contribution in [0.15, 0.2) is 54.7 Å². The number of morpholine rings is 1. The lowest BCUT2D eigenvalue weighted by Gasteiger charge is -2.26. The SMILES string of the molecule is CC(=O)Nc1ccccc1CCCCn1cc(C(=O)N2CCOCC2)c2ccccc21. The van der Waals surface area contributed by atoms with Gasteiger partial charge in [0.05, 0.1) is 18.8 Å². The number of ether oxygens (including phenoxy) is 1. The maximum absolute atomic E-state index is 13.1. The van der Waals surface area contributed by atoms with Crippen LogP contribution in [0.4, 0.5) is 5.69 Å². The minimum Gasteiger partial charge on any atom is -0.378 e. The highest BCUT2D eigenvalue weighted by molar-refractivity contribution is 6.07. The number of carbonyl (C=O) groups is 2. The lowest BCUT2D eigenvalue weighted by molar-refractivity contribution is -0.114. The largest absolute Gasteiger partial charge is 0.378 e. The van der Waals surface area contributed by atoms with E-state index >= 15 is 0 Å². The van der Waals surface area contributed by atoms with Gasteiger partial charge in [0, 0.05) is 49.3 Å². The summed E-state index contributed by atoms with van der Waals surface area (Å²) in [5.74, 6) is 0.0335. The molecular formula is C25H29N3O3. The molecule has 1 saturated heterocycles. The lowest BCUT2D eigenvalue weighted by atomic mass is 10.1. The van der Waals surface area contributed by atoms with Crippen molar-refractivity contribution in [3.05, 3.63) is 65.9 Å². The van der Waals surface area contributed by atoms with Gasteiger partial charge >= 0.3 is 0 Å². The number of benzene rings is 2. The first-order chi connectivity index (χ1) is 15.1. The predicted molar refractivity (Wildman–Crippen MR) is 122 cm³/mol. The van der Waals surface area contributed by atoms with Crippen LogP contribution in [0.3, 0.4) is 0 Å². The zero-order chi connectivity index (χ0) is 21.6. The van der Waals surface area contributed by atoms with Crippen LogP contribution >= 0.6 is 0 Å². The number of aryl methyl sites for hydroxylation is 2. The molecule has 31 heavy (non-hydrogen) atoms. The smallest absolute Gasteiger partial charge is 0.256 e. The maximum atomic E-state index is 13.1. The molecule has 1 N–H and O–H groups in total. The van der Waals surface area contributed by atoms with E-state index in [0.717, 1.165) is 53.5 Å². The van der Waals surface area contributed by atoms with Gasteiger partial charge in [0.15, 0.2) is 0 Å². The van der Waals surface area contributed by atoms with Crippen LogP contribution in [-0.4, -0.2) is 47.6 Å². The van der Waals surface area contributed by atoms with Gasteiger partial charge in [0.1, 0.15) is 0 Å². The van der Waals surface area contributed by atoms with Crippen LogP contribution in [0, 0.1) is 0 Å². The second-order valence-electron chi connectivity index (χ2n) is 7.95. The molecule has 1 aromatic heterocycles. The average Bonchev–Trinajstić information content (AvgIpc) is 3.16. The second-order valence-corrected chi connectivity index (χ2v) is 7.95. The van der Waals surface area contributed by atoms with Crippen molar-refractivity contribution in [1.29, 1.82) is 0 Å². The van der Waals surface area contributed by atoms with E-state index in [1.165, 1.54) is 6.92 Å². The number of anilines is 1. The molecule has 162 valence electrons. The number of aromatic nitrogens is 1. The molecule has 1 aliphatic rings. The standard InChI is InChI=1S/C25H29N3O3/c1-19(29)26-23-11-4-2-8-20(23)9-6-7-13-28-18-22(21-10-3-5-12-24(21)28)25(30)27-14-16-31-17-15-27/h2-5,8,10-12,18H,6-7,9,13-17H2,1H3,(H,26,29). The van der Waals surface area contributed by atoms with Crippen LogP contribution in [0.1, 0.15) is 35.7 Å². The summed E-state index contributed by atoms with van der Waals surface area (Å²) in [5.41, 5.74) is 3.91. The zero-order valence-electron chi connectivity index (χ0n) is 18.0. The van der Waals surface area contributed by atoms with E-state index in [4.69, 9.17) is 4.74 Å². The first kappa shape index (κ1) is 21.1. The Kier molecular flexibility index (Phi) is 6.67. The van der Waals surface area contributed by atoms with E-state index in [1.54, 1.807) is 0 Å². The minimum absolute atomic E-state index is 0.0521. The van der Waals surface area contributed by atoms with Gasteiger partial charge in [0.2, 0.25) is 5.91 Å². The molecule has 2 amide bonds. The molecule has 0 atom stereocenters. The summed E-state index contributed by atoms with van der Waals surface area (Å²) in [6.07, 6.45) is 4.89. The van der Waals surface area contributed by atoms with Crippen molar-refractivity contribution in [3.8, 4) is 0 Å². The Morgan fingerprint density at radius 2 is 1.74 bits per heavy atom. The Morgan fingerprint density at radius 3 is 2.55 bits per heavy atom. The van der Waals surface area contributed by atoms with Crippen LogP contribution in [0.25, 0.3) is 10.9 Å². The Hall–Kier alpha value is -3.12. The summed E-state index contributed by atoms with van der Waals surface area (Å²) in [6, 6.07) is 16.1. The van der Waals surface area contributed by atoms with Crippen molar-refractivity contribution in [3.63, 3.8) is 0 Å². The molecular weight excluding hydrogens is 390 g/mol. The highest BCUT2D eigenvalue weighted by atomic mass is 16.5. The third-order valence-corrected chi connectivity index (χ3v) is 5.74. The molecule has 6 heteroatoms. The van der Waals surface area contributed by atoms with Gasteiger partial charge in [-0.25, -0.2) is 0 Å². The highest BCUT2D eigenvalue weighted by Gasteiger charge is 2.22. The predicted octanol–water partition coefficient (Wildman–Crippen LogP) is 4.10. The number of nitrogens with one attached hydrogen (secondary N) is 1. The van der Waals surface area contributed by atoms with E-state index in [2.05, 4.69) is 22.0 Å². The number of para-hydroxylation sites is 2. The van der Waals surface area contributed by atoms with Gasteiger partial charge in [-0.2, -0.15) is 0 Å². The monoisotopic (exact) mass is 419 g/mol. The molecule has 6 nitrogen and oxygen atoms in total. The summed E-state index contributed by atoms with van der Waals surface area (Å²) < 4.78 is 7.58. The number of amides is 2. The van der Waals surface area contributed by atoms with Gasteiger partial charge in [-0.05, 0) is 37.0 Å². The van der Waals surface area contributed by atoms with Crippen molar-refractivity contribution >= 4 is 28.4 Å².